The van der Waals surface area contributed by atoms with Gasteiger partial charge in [0.25, 0.3) is 12.5 Å². The van der Waals surface area contributed by atoms with Crippen molar-refractivity contribution in [1.82, 2.24) is 0 Å². The lowest BCUT2D eigenvalue weighted by atomic mass is 9.65. The Balaban J connectivity index is 1.77. The lowest BCUT2D eigenvalue weighted by Gasteiger charge is -2.41. The Labute approximate surface area is 108 Å². The number of hydrogen-bond donors (Lipinski definition) is 0. The maximum absolute atomic E-state index is 8.43. The molecule has 2 rings (SSSR count). The van der Waals surface area contributed by atoms with Gasteiger partial charge in [0.1, 0.15) is 13.2 Å². The third-order valence-electron chi connectivity index (χ3n) is 4.60. The number of rotatable bonds is 4. The van der Waals surface area contributed by atoms with Crippen LogP contribution in [0.4, 0.5) is 0 Å². The summed E-state index contributed by atoms with van der Waals surface area (Å²) in [5.41, 5.74) is 0. The zero-order valence-corrected chi connectivity index (χ0v) is 10.7. The molecule has 4 heteroatoms. The molecule has 2 fully saturated rings. The highest BCUT2D eigenvalue weighted by molar-refractivity contribution is 4.86. The lowest BCUT2D eigenvalue weighted by Crippen LogP contribution is -2.33. The monoisotopic (exact) mass is 248 g/mol. The maximum Gasteiger partial charge on any atom is 0.286 e. The van der Waals surface area contributed by atoms with Gasteiger partial charge in [-0.3, -0.25) is 0 Å². The van der Waals surface area contributed by atoms with Crippen molar-refractivity contribution < 1.29 is 9.47 Å². The van der Waals surface area contributed by atoms with Crippen molar-refractivity contribution in [3.8, 4) is 12.5 Å². The molecule has 2 saturated carbocycles. The van der Waals surface area contributed by atoms with Gasteiger partial charge in [-0.1, -0.05) is 0 Å². The topological polar surface area (TPSA) is 66.0 Å². The van der Waals surface area contributed by atoms with E-state index in [2.05, 4.69) is 0 Å². The van der Waals surface area contributed by atoms with Crippen molar-refractivity contribution in [3.05, 3.63) is 0 Å². The summed E-state index contributed by atoms with van der Waals surface area (Å²) in [4.78, 5) is 0. The molecule has 0 amide bonds. The van der Waals surface area contributed by atoms with Crippen molar-refractivity contribution >= 4 is 0 Å². The third-order valence-corrected chi connectivity index (χ3v) is 4.60. The largest absolute Gasteiger partial charge is 0.427 e. The van der Waals surface area contributed by atoms with Gasteiger partial charge in [0.05, 0.1) is 0 Å². The average Bonchev–Trinajstić information content (AvgIpc) is 2.42. The smallest absolute Gasteiger partial charge is 0.286 e. The fourth-order valence-corrected chi connectivity index (χ4v) is 3.70. The minimum atomic E-state index is 0.567. The first kappa shape index (κ1) is 13.0. The van der Waals surface area contributed by atoms with Crippen molar-refractivity contribution in [3.63, 3.8) is 0 Å². The molecule has 98 valence electrons. The molecule has 4 nitrogen and oxygen atoms in total. The van der Waals surface area contributed by atoms with Gasteiger partial charge in [0.15, 0.2) is 0 Å². The zero-order valence-electron chi connectivity index (χ0n) is 10.7. The normalized spacial score (nSPS) is 34.8. The van der Waals surface area contributed by atoms with Gasteiger partial charge >= 0.3 is 0 Å². The molecule has 0 spiro atoms. The molecule has 0 N–H and O–H groups in total. The summed E-state index contributed by atoms with van der Waals surface area (Å²) in [6.45, 7) is 1.20. The Bertz CT molecular complexity index is 311. The number of fused-ring (bicyclic) bond motifs is 1. The van der Waals surface area contributed by atoms with Crippen LogP contribution in [0.25, 0.3) is 0 Å². The van der Waals surface area contributed by atoms with E-state index in [1.165, 1.54) is 38.5 Å². The second kappa shape index (κ2) is 6.50. The molecule has 18 heavy (non-hydrogen) atoms. The molecule has 4 atom stereocenters. The molecular formula is C14H20N2O2. The molecule has 4 unspecified atom stereocenters. The fraction of sp³-hybridized carbons (Fsp3) is 0.857. The Hall–Kier alpha value is -1.42. The minimum Gasteiger partial charge on any atom is -0.427 e. The van der Waals surface area contributed by atoms with Crippen LogP contribution < -0.4 is 0 Å². The standard InChI is InChI=1S/C14H20N2O2/c15-9-17-7-11-1-3-13-6-12(8-18-10-16)2-4-14(13)5-11/h11-14H,1-8H2. The van der Waals surface area contributed by atoms with Gasteiger partial charge in [-0.15, -0.1) is 0 Å². The molecule has 0 radical (unpaired) electrons. The van der Waals surface area contributed by atoms with E-state index >= 15 is 0 Å². The predicted octanol–water partition coefficient (Wildman–Crippen LogP) is 2.81. The van der Waals surface area contributed by atoms with Crippen LogP contribution in [-0.2, 0) is 9.47 Å². The lowest BCUT2D eigenvalue weighted by molar-refractivity contribution is 0.0526. The van der Waals surface area contributed by atoms with E-state index in [1.807, 2.05) is 0 Å². The van der Waals surface area contributed by atoms with Gasteiger partial charge in [0, 0.05) is 0 Å². The third kappa shape index (κ3) is 3.29. The van der Waals surface area contributed by atoms with Crippen molar-refractivity contribution in [2.45, 2.75) is 38.5 Å². The highest BCUT2D eigenvalue weighted by atomic mass is 16.5. The number of hydrogen-bond acceptors (Lipinski definition) is 4. The van der Waals surface area contributed by atoms with E-state index in [-0.39, 0.29) is 0 Å². The van der Waals surface area contributed by atoms with Gasteiger partial charge in [-0.2, -0.15) is 10.5 Å². The quantitative estimate of drug-likeness (QED) is 0.717. The zero-order chi connectivity index (χ0) is 12.8. The Morgan fingerprint density at radius 3 is 1.61 bits per heavy atom. The van der Waals surface area contributed by atoms with Crippen LogP contribution in [0.15, 0.2) is 0 Å². The van der Waals surface area contributed by atoms with Crippen LogP contribution in [0.1, 0.15) is 38.5 Å². The first-order valence-corrected chi connectivity index (χ1v) is 6.85. The van der Waals surface area contributed by atoms with E-state index in [4.69, 9.17) is 20.0 Å². The van der Waals surface area contributed by atoms with E-state index in [0.29, 0.717) is 25.0 Å². The molecule has 2 aliphatic rings. The van der Waals surface area contributed by atoms with E-state index in [9.17, 15) is 0 Å². The summed E-state index contributed by atoms with van der Waals surface area (Å²) >= 11 is 0. The second-order valence-electron chi connectivity index (χ2n) is 5.68. The number of nitrogens with zero attached hydrogens (tertiary/aromatic N) is 2. The fourth-order valence-electron chi connectivity index (χ4n) is 3.70. The highest BCUT2D eigenvalue weighted by Crippen LogP contribution is 2.44. The summed E-state index contributed by atoms with van der Waals surface area (Å²) in [6.07, 6.45) is 10.8. The van der Waals surface area contributed by atoms with Crippen molar-refractivity contribution in [2.75, 3.05) is 13.2 Å². The number of ether oxygens (including phenoxy) is 2. The minimum absolute atomic E-state index is 0.567. The first-order valence-electron chi connectivity index (χ1n) is 6.85. The van der Waals surface area contributed by atoms with E-state index in [1.54, 1.807) is 12.5 Å². The molecule has 0 heterocycles. The molecule has 0 saturated heterocycles. The van der Waals surface area contributed by atoms with Crippen LogP contribution in [0.3, 0.4) is 0 Å². The Kier molecular flexibility index (Phi) is 4.70. The first-order chi connectivity index (χ1) is 8.83. The molecule has 0 aromatic carbocycles. The molecule has 0 aromatic rings. The summed E-state index contributed by atoms with van der Waals surface area (Å²) in [7, 11) is 0. The average molecular weight is 248 g/mol. The highest BCUT2D eigenvalue weighted by Gasteiger charge is 2.35. The predicted molar refractivity (Wildman–Crippen MR) is 64.8 cm³/mol. The Morgan fingerprint density at radius 1 is 0.778 bits per heavy atom. The Morgan fingerprint density at radius 2 is 1.22 bits per heavy atom. The molecule has 0 bridgehead atoms. The van der Waals surface area contributed by atoms with Gasteiger partial charge in [-0.05, 0) is 62.2 Å². The number of nitriles is 2. The van der Waals surface area contributed by atoms with E-state index in [0.717, 1.165) is 11.8 Å². The summed E-state index contributed by atoms with van der Waals surface area (Å²) < 4.78 is 9.75. The molecule has 0 aromatic heterocycles. The van der Waals surface area contributed by atoms with Crippen LogP contribution in [0.5, 0.6) is 0 Å². The van der Waals surface area contributed by atoms with Crippen LogP contribution in [-0.4, -0.2) is 13.2 Å². The van der Waals surface area contributed by atoms with Crippen LogP contribution in [0, 0.1) is 46.7 Å². The summed E-state index contributed by atoms with van der Waals surface area (Å²) in [5.74, 6) is 2.73. The molecule has 2 aliphatic carbocycles. The van der Waals surface area contributed by atoms with Crippen LogP contribution >= 0.6 is 0 Å². The summed E-state index contributed by atoms with van der Waals surface area (Å²) in [5, 5.41) is 16.9. The SMILES string of the molecule is N#COCC1CCC2CC(COC#N)CCC2C1. The maximum atomic E-state index is 8.43. The van der Waals surface area contributed by atoms with Crippen molar-refractivity contribution in [2.24, 2.45) is 23.7 Å². The molecule has 0 aliphatic heterocycles. The van der Waals surface area contributed by atoms with E-state index < -0.39 is 0 Å². The van der Waals surface area contributed by atoms with Crippen LogP contribution in [0.2, 0.25) is 0 Å². The van der Waals surface area contributed by atoms with Gasteiger partial charge < -0.3 is 9.47 Å². The van der Waals surface area contributed by atoms with Gasteiger partial charge in [-0.25, -0.2) is 0 Å². The van der Waals surface area contributed by atoms with Crippen molar-refractivity contribution in [1.29, 1.82) is 10.5 Å². The molecular weight excluding hydrogens is 228 g/mol. The van der Waals surface area contributed by atoms with Gasteiger partial charge in [0.2, 0.25) is 0 Å². The second-order valence-corrected chi connectivity index (χ2v) is 5.68. The summed E-state index contributed by atoms with van der Waals surface area (Å²) in [6, 6.07) is 0.